The summed E-state index contributed by atoms with van der Waals surface area (Å²) in [5.41, 5.74) is -1.04. The van der Waals surface area contributed by atoms with E-state index in [2.05, 4.69) is 20.9 Å². The topological polar surface area (TPSA) is 93.2 Å². The van der Waals surface area contributed by atoms with E-state index >= 15 is 0 Å². The van der Waals surface area contributed by atoms with E-state index in [1.54, 1.807) is 0 Å². The predicted molar refractivity (Wildman–Crippen MR) is 112 cm³/mol. The molecular weight excluding hydrogens is 360 g/mol. The van der Waals surface area contributed by atoms with Crippen LogP contribution in [0.5, 0.6) is 0 Å². The Balaban J connectivity index is 2.31. The molecule has 1 aliphatic rings. The zero-order chi connectivity index (χ0) is 21.0. The van der Waals surface area contributed by atoms with Gasteiger partial charge >= 0.3 is 6.09 Å². The largest absolute Gasteiger partial charge is 0.444 e. The lowest BCUT2D eigenvalue weighted by Crippen LogP contribution is -2.49. The molecule has 0 aromatic heterocycles. The van der Waals surface area contributed by atoms with Gasteiger partial charge in [-0.15, -0.1) is 0 Å². The lowest BCUT2D eigenvalue weighted by molar-refractivity contribution is 0.0168. The van der Waals surface area contributed by atoms with Crippen molar-refractivity contribution in [2.45, 2.75) is 78.0 Å². The van der Waals surface area contributed by atoms with Crippen LogP contribution in [0, 0.1) is 0 Å². The zero-order valence-corrected chi connectivity index (χ0v) is 18.5. The SMILES string of the molecule is CCNC(=NCC(C)(C)NC(=O)OC(C)(C)C)NCCCOCC1CCCO1. The average Bonchev–Trinajstić information content (AvgIpc) is 3.06. The average molecular weight is 401 g/mol. The van der Waals surface area contributed by atoms with Gasteiger partial charge in [-0.3, -0.25) is 4.99 Å². The van der Waals surface area contributed by atoms with Gasteiger partial charge in [0.2, 0.25) is 0 Å². The first-order chi connectivity index (χ1) is 13.1. The molecule has 0 aromatic carbocycles. The van der Waals surface area contributed by atoms with E-state index in [9.17, 15) is 4.79 Å². The van der Waals surface area contributed by atoms with Crippen molar-refractivity contribution >= 4 is 12.1 Å². The number of amides is 1. The molecule has 8 heteroatoms. The number of rotatable bonds is 10. The summed E-state index contributed by atoms with van der Waals surface area (Å²) in [5, 5.41) is 9.38. The first kappa shape index (κ1) is 24.5. The van der Waals surface area contributed by atoms with Crippen molar-refractivity contribution in [3.05, 3.63) is 0 Å². The molecule has 1 fully saturated rings. The molecule has 28 heavy (non-hydrogen) atoms. The summed E-state index contributed by atoms with van der Waals surface area (Å²) in [7, 11) is 0. The van der Waals surface area contributed by atoms with Crippen LogP contribution in [0.25, 0.3) is 0 Å². The number of carbonyl (C=O) groups is 1. The molecule has 0 bridgehead atoms. The van der Waals surface area contributed by atoms with E-state index in [-0.39, 0.29) is 6.10 Å². The van der Waals surface area contributed by atoms with Crippen molar-refractivity contribution in [1.29, 1.82) is 0 Å². The van der Waals surface area contributed by atoms with Crippen molar-refractivity contribution in [3.63, 3.8) is 0 Å². The van der Waals surface area contributed by atoms with Crippen LogP contribution in [-0.4, -0.2) is 68.8 Å². The normalized spacial score (nSPS) is 18.1. The van der Waals surface area contributed by atoms with E-state index in [4.69, 9.17) is 14.2 Å². The van der Waals surface area contributed by atoms with Gasteiger partial charge in [0.25, 0.3) is 0 Å². The molecule has 0 radical (unpaired) electrons. The Bertz CT molecular complexity index is 483. The summed E-state index contributed by atoms with van der Waals surface area (Å²) in [6.07, 6.45) is 2.96. The number of aliphatic imine (C=N–C) groups is 1. The van der Waals surface area contributed by atoms with Crippen LogP contribution in [0.3, 0.4) is 0 Å². The molecule has 1 unspecified atom stereocenters. The van der Waals surface area contributed by atoms with E-state index in [0.29, 0.717) is 19.8 Å². The molecule has 1 aliphatic heterocycles. The van der Waals surface area contributed by atoms with Gasteiger partial charge in [0.15, 0.2) is 5.96 Å². The quantitative estimate of drug-likeness (QED) is 0.296. The maximum absolute atomic E-state index is 12.0. The summed E-state index contributed by atoms with van der Waals surface area (Å²) in [6, 6.07) is 0. The first-order valence-corrected chi connectivity index (χ1v) is 10.3. The maximum Gasteiger partial charge on any atom is 0.408 e. The minimum absolute atomic E-state index is 0.270. The van der Waals surface area contributed by atoms with Crippen molar-refractivity contribution < 1.29 is 19.0 Å². The van der Waals surface area contributed by atoms with E-state index in [1.165, 1.54) is 0 Å². The molecule has 0 saturated carbocycles. The van der Waals surface area contributed by atoms with Gasteiger partial charge in [-0.1, -0.05) is 0 Å². The first-order valence-electron chi connectivity index (χ1n) is 10.3. The second-order valence-electron chi connectivity index (χ2n) is 8.70. The van der Waals surface area contributed by atoms with E-state index in [0.717, 1.165) is 44.9 Å². The Kier molecular flexibility index (Phi) is 10.6. The van der Waals surface area contributed by atoms with Crippen molar-refractivity contribution in [3.8, 4) is 0 Å². The summed E-state index contributed by atoms with van der Waals surface area (Å²) in [4.78, 5) is 16.6. The highest BCUT2D eigenvalue weighted by atomic mass is 16.6. The molecular formula is C20H40N4O4. The Labute approximate surface area is 170 Å². The molecule has 1 saturated heterocycles. The minimum Gasteiger partial charge on any atom is -0.444 e. The lowest BCUT2D eigenvalue weighted by Gasteiger charge is -2.27. The maximum atomic E-state index is 12.0. The monoisotopic (exact) mass is 400 g/mol. The van der Waals surface area contributed by atoms with Crippen LogP contribution in [0.1, 0.15) is 60.8 Å². The number of carbonyl (C=O) groups excluding carboxylic acids is 1. The number of nitrogens with zero attached hydrogens (tertiary/aromatic N) is 1. The third-order valence-electron chi connectivity index (χ3n) is 3.90. The second kappa shape index (κ2) is 12.1. The number of hydrogen-bond donors (Lipinski definition) is 3. The molecule has 0 spiro atoms. The van der Waals surface area contributed by atoms with Crippen LogP contribution in [0.15, 0.2) is 4.99 Å². The number of alkyl carbamates (subject to hydrolysis) is 1. The zero-order valence-electron chi connectivity index (χ0n) is 18.5. The number of hydrogen-bond acceptors (Lipinski definition) is 5. The van der Waals surface area contributed by atoms with Gasteiger partial charge in [0.05, 0.1) is 24.8 Å². The fourth-order valence-corrected chi connectivity index (χ4v) is 2.61. The molecule has 3 N–H and O–H groups in total. The molecule has 0 aromatic rings. The lowest BCUT2D eigenvalue weighted by atomic mass is 10.1. The van der Waals surface area contributed by atoms with Crippen molar-refractivity contribution in [1.82, 2.24) is 16.0 Å². The van der Waals surface area contributed by atoms with E-state index in [1.807, 2.05) is 41.5 Å². The molecule has 1 atom stereocenters. The number of nitrogens with one attached hydrogen (secondary N) is 3. The number of guanidine groups is 1. The Hall–Kier alpha value is -1.54. The fourth-order valence-electron chi connectivity index (χ4n) is 2.61. The van der Waals surface area contributed by atoms with Crippen LogP contribution in [0.2, 0.25) is 0 Å². The van der Waals surface area contributed by atoms with E-state index < -0.39 is 17.2 Å². The highest BCUT2D eigenvalue weighted by Crippen LogP contribution is 2.12. The van der Waals surface area contributed by atoms with Crippen LogP contribution in [-0.2, 0) is 14.2 Å². The second-order valence-corrected chi connectivity index (χ2v) is 8.70. The Morgan fingerprint density at radius 2 is 1.96 bits per heavy atom. The highest BCUT2D eigenvalue weighted by molar-refractivity contribution is 5.79. The van der Waals surface area contributed by atoms with Crippen LogP contribution >= 0.6 is 0 Å². The van der Waals surface area contributed by atoms with Gasteiger partial charge in [-0.25, -0.2) is 4.79 Å². The van der Waals surface area contributed by atoms with Crippen molar-refractivity contribution in [2.24, 2.45) is 4.99 Å². The summed E-state index contributed by atoms with van der Waals surface area (Å²) in [5.74, 6) is 0.723. The molecule has 1 amide bonds. The summed E-state index contributed by atoms with van der Waals surface area (Å²) >= 11 is 0. The van der Waals surface area contributed by atoms with Gasteiger partial charge in [-0.2, -0.15) is 0 Å². The molecule has 0 aliphatic carbocycles. The van der Waals surface area contributed by atoms with Gasteiger partial charge in [0, 0.05) is 26.3 Å². The predicted octanol–water partition coefficient (Wildman–Crippen LogP) is 2.43. The summed E-state index contributed by atoms with van der Waals surface area (Å²) in [6.45, 7) is 15.6. The smallest absolute Gasteiger partial charge is 0.408 e. The molecule has 1 rings (SSSR count). The third kappa shape index (κ3) is 12.0. The van der Waals surface area contributed by atoms with Gasteiger partial charge in [0.1, 0.15) is 5.60 Å². The molecule has 164 valence electrons. The Morgan fingerprint density at radius 3 is 2.57 bits per heavy atom. The fraction of sp³-hybridized carbons (Fsp3) is 0.900. The Morgan fingerprint density at radius 1 is 1.21 bits per heavy atom. The van der Waals surface area contributed by atoms with Crippen LogP contribution < -0.4 is 16.0 Å². The highest BCUT2D eigenvalue weighted by Gasteiger charge is 2.24. The molecule has 8 nitrogen and oxygen atoms in total. The van der Waals surface area contributed by atoms with Crippen molar-refractivity contribution in [2.75, 3.05) is 39.5 Å². The standard InChI is InChI=1S/C20H40N4O4/c1-7-21-17(22-11-9-12-26-14-16-10-8-13-27-16)23-15-20(5,6)24-18(25)28-19(2,3)4/h16H,7-15H2,1-6H3,(H,24,25)(H2,21,22,23). The summed E-state index contributed by atoms with van der Waals surface area (Å²) < 4.78 is 16.5. The van der Waals surface area contributed by atoms with Gasteiger partial charge < -0.3 is 30.2 Å². The third-order valence-corrected chi connectivity index (χ3v) is 3.90. The van der Waals surface area contributed by atoms with Gasteiger partial charge in [-0.05, 0) is 60.8 Å². The number of ether oxygens (including phenoxy) is 3. The molecule has 1 heterocycles. The minimum atomic E-state index is -0.522. The van der Waals surface area contributed by atoms with Crippen LogP contribution in [0.4, 0.5) is 4.79 Å².